The van der Waals surface area contributed by atoms with Crippen LogP contribution in [-0.4, -0.2) is 59.8 Å². The Kier molecular flexibility index (Phi) is 9.11. The van der Waals surface area contributed by atoms with Crippen molar-refractivity contribution in [2.45, 2.75) is 51.0 Å². The van der Waals surface area contributed by atoms with Crippen LogP contribution in [0.1, 0.15) is 32.8 Å². The van der Waals surface area contributed by atoms with Crippen LogP contribution < -0.4 is 11.0 Å². The van der Waals surface area contributed by atoms with Crippen LogP contribution >= 0.6 is 0 Å². The van der Waals surface area contributed by atoms with E-state index in [-0.39, 0.29) is 49.1 Å². The third kappa shape index (κ3) is 6.13. The van der Waals surface area contributed by atoms with Crippen LogP contribution in [0.5, 0.6) is 0 Å². The lowest BCUT2D eigenvalue weighted by Gasteiger charge is -2.38. The summed E-state index contributed by atoms with van der Waals surface area (Å²) in [5, 5.41) is 9.25. The van der Waals surface area contributed by atoms with Crippen molar-refractivity contribution in [1.82, 2.24) is 19.9 Å². The van der Waals surface area contributed by atoms with E-state index in [9.17, 15) is 27.0 Å². The van der Waals surface area contributed by atoms with Crippen LogP contribution in [0.25, 0.3) is 22.0 Å². The number of benzene rings is 2. The lowest BCUT2D eigenvalue weighted by atomic mass is 10.0. The topological polar surface area (TPSA) is 105 Å². The number of rotatable bonds is 8. The molecule has 1 aliphatic heterocycles. The quantitative estimate of drug-likeness (QED) is 0.326. The Morgan fingerprint density at radius 2 is 1.89 bits per heavy atom. The van der Waals surface area contributed by atoms with Crippen LogP contribution in [0.3, 0.4) is 0 Å². The largest absolute Gasteiger partial charge is 0.299 e. The van der Waals surface area contributed by atoms with Gasteiger partial charge in [-0.1, -0.05) is 32.0 Å². The monoisotopic (exact) mass is 552 g/mol. The number of halogens is 3. The maximum absolute atomic E-state index is 14.8. The van der Waals surface area contributed by atoms with Crippen molar-refractivity contribution in [2.24, 2.45) is 0 Å². The predicted molar refractivity (Wildman–Crippen MR) is 140 cm³/mol. The Balaban J connectivity index is 0.00000195. The number of nitrogens with one attached hydrogen (secondary N) is 1. The van der Waals surface area contributed by atoms with Gasteiger partial charge in [-0.05, 0) is 42.7 Å². The molecule has 0 spiro atoms. The minimum absolute atomic E-state index is 0.0142. The van der Waals surface area contributed by atoms with Gasteiger partial charge in [0, 0.05) is 35.7 Å². The van der Waals surface area contributed by atoms with Crippen molar-refractivity contribution >= 4 is 27.6 Å². The fraction of sp³-hybridized carbons (Fsp3) is 0.423. The van der Waals surface area contributed by atoms with E-state index in [1.54, 1.807) is 24.3 Å². The maximum Gasteiger partial charge on any atom is 0.272 e. The molecule has 206 valence electrons. The second kappa shape index (κ2) is 11.7. The zero-order valence-corrected chi connectivity index (χ0v) is 22.4. The average molecular weight is 553 g/mol. The molecule has 1 unspecified atom stereocenters. The second-order valence-electron chi connectivity index (χ2n) is 9.17. The molecule has 1 fully saturated rings. The van der Waals surface area contributed by atoms with E-state index in [0.717, 1.165) is 0 Å². The normalized spacial score (nSPS) is 17.1. The third-order valence-electron chi connectivity index (χ3n) is 6.53. The lowest BCUT2D eigenvalue weighted by molar-refractivity contribution is -0.134. The Morgan fingerprint density at radius 3 is 2.47 bits per heavy atom. The summed E-state index contributed by atoms with van der Waals surface area (Å²) in [4.78, 5) is 30.8. The summed E-state index contributed by atoms with van der Waals surface area (Å²) < 4.78 is 52.9. The molecular weight excluding hydrogens is 521 g/mol. The van der Waals surface area contributed by atoms with E-state index < -0.39 is 33.2 Å². The molecule has 12 heteroatoms. The van der Waals surface area contributed by atoms with Gasteiger partial charge in [0.1, 0.15) is 10.6 Å². The highest BCUT2D eigenvalue weighted by molar-refractivity contribution is 7.86. The lowest BCUT2D eigenvalue weighted by Crippen LogP contribution is -2.55. The number of nitrogens with zero attached hydrogens (tertiary/aromatic N) is 3. The summed E-state index contributed by atoms with van der Waals surface area (Å²) in [5.74, 6) is -4.01. The molecule has 0 bridgehead atoms. The van der Waals surface area contributed by atoms with Crippen LogP contribution in [0.15, 0.2) is 47.5 Å². The number of hydrogen-bond donors (Lipinski definition) is 2. The zero-order valence-electron chi connectivity index (χ0n) is 21.6. The molecule has 0 aliphatic carbocycles. The predicted octanol–water partition coefficient (Wildman–Crippen LogP) is 3.71. The molecule has 38 heavy (non-hydrogen) atoms. The van der Waals surface area contributed by atoms with Crippen molar-refractivity contribution in [3.05, 3.63) is 64.5 Å². The van der Waals surface area contributed by atoms with E-state index in [1.165, 1.54) is 46.6 Å². The molecule has 1 aromatic heterocycles. The second-order valence-corrected chi connectivity index (χ2v) is 11.0. The number of fused-ring (bicyclic) bond motifs is 1. The van der Waals surface area contributed by atoms with Gasteiger partial charge in [0.15, 0.2) is 0 Å². The Bertz CT molecular complexity index is 1410. The fourth-order valence-electron chi connectivity index (χ4n) is 4.19. The number of hydroxylamine groups is 1. The van der Waals surface area contributed by atoms with Crippen molar-refractivity contribution in [2.75, 3.05) is 19.3 Å². The first-order valence-electron chi connectivity index (χ1n) is 12.1. The third-order valence-corrected chi connectivity index (χ3v) is 8.19. The molecule has 3 aromatic rings. The molecule has 1 saturated heterocycles. The van der Waals surface area contributed by atoms with E-state index in [4.69, 9.17) is 5.21 Å². The molecule has 2 N–H and O–H groups in total. The van der Waals surface area contributed by atoms with Gasteiger partial charge in [-0.15, -0.1) is 0 Å². The summed E-state index contributed by atoms with van der Waals surface area (Å²) in [5.41, 5.74) is 2.85. The summed E-state index contributed by atoms with van der Waals surface area (Å²) in [7, 11) is -1.62. The van der Waals surface area contributed by atoms with Gasteiger partial charge in [-0.3, -0.25) is 28.5 Å². The first-order chi connectivity index (χ1) is 17.9. The van der Waals surface area contributed by atoms with E-state index in [1.807, 2.05) is 13.8 Å². The van der Waals surface area contributed by atoms with Crippen LogP contribution in [-0.2, 0) is 28.7 Å². The summed E-state index contributed by atoms with van der Waals surface area (Å²) in [6.45, 7) is 5.02. The molecule has 4 rings (SSSR count). The van der Waals surface area contributed by atoms with Gasteiger partial charge in [0.2, 0.25) is 0 Å². The molecule has 2 atom stereocenters. The van der Waals surface area contributed by atoms with Crippen molar-refractivity contribution in [1.29, 1.82) is 0 Å². The molecule has 8 nitrogen and oxygen atoms in total. The van der Waals surface area contributed by atoms with E-state index in [2.05, 4.69) is 4.98 Å². The fourth-order valence-corrected chi connectivity index (χ4v) is 4.88. The van der Waals surface area contributed by atoms with Crippen molar-refractivity contribution in [3.8, 4) is 11.1 Å². The number of likely N-dealkylation sites (tertiary alicyclic amines) is 1. The standard InChI is InChI=1S/C24H25F3N4O4S.C2H6/c1-23(36(2)35,22(33)29-34)7-8-31-14-28-20-10-16(4-6-18(20)21(31)32)17-5-3-15(9-19(17)25)11-30-12-24(26,27)13-30;1-2/h3-6,9-10,14,34H,7-8,11-13H2,1-2H3,(H,29,33);1-2H3/t23-,36?;/m1./s1. The number of alkyl halides is 2. The molecule has 0 saturated carbocycles. The number of carbonyl (C=O) groups excluding carboxylic acids is 1. The van der Waals surface area contributed by atoms with E-state index in [0.29, 0.717) is 16.6 Å². The highest BCUT2D eigenvalue weighted by atomic mass is 32.2. The first-order valence-corrected chi connectivity index (χ1v) is 13.7. The number of carbonyl (C=O) groups is 1. The van der Waals surface area contributed by atoms with E-state index >= 15 is 0 Å². The molecule has 1 aliphatic rings. The SMILES string of the molecule is CC.CS(=O)[C@](C)(CCn1cnc2cc(-c3ccc(CN4CC(F)(F)C4)cc3F)ccc2c1=O)C(=O)NO. The average Bonchev–Trinajstić information content (AvgIpc) is 2.87. The first kappa shape index (κ1) is 29.5. The van der Waals surface area contributed by atoms with Gasteiger partial charge in [-0.2, -0.15) is 0 Å². The van der Waals surface area contributed by atoms with Gasteiger partial charge in [0.25, 0.3) is 17.4 Å². The van der Waals surface area contributed by atoms with Crippen molar-refractivity contribution < 1.29 is 27.4 Å². The van der Waals surface area contributed by atoms with Gasteiger partial charge in [-0.25, -0.2) is 23.6 Å². The molecular formula is C26H31F3N4O4S. The zero-order chi connectivity index (χ0) is 28.3. The summed E-state index contributed by atoms with van der Waals surface area (Å²) >= 11 is 0. The molecule has 2 heterocycles. The Hall–Kier alpha value is -3.09. The smallest absolute Gasteiger partial charge is 0.272 e. The molecule has 0 radical (unpaired) electrons. The van der Waals surface area contributed by atoms with Crippen LogP contribution in [0, 0.1) is 5.82 Å². The Labute approximate surface area is 220 Å². The minimum Gasteiger partial charge on any atom is -0.299 e. The summed E-state index contributed by atoms with van der Waals surface area (Å²) in [6, 6.07) is 9.28. The van der Waals surface area contributed by atoms with Crippen LogP contribution in [0.4, 0.5) is 13.2 Å². The number of aryl methyl sites for hydroxylation is 1. The highest BCUT2D eigenvalue weighted by Crippen LogP contribution is 2.30. The number of hydrogen-bond acceptors (Lipinski definition) is 6. The van der Waals surface area contributed by atoms with Gasteiger partial charge in [0.05, 0.1) is 30.3 Å². The Morgan fingerprint density at radius 1 is 1.21 bits per heavy atom. The van der Waals surface area contributed by atoms with Gasteiger partial charge < -0.3 is 0 Å². The summed E-state index contributed by atoms with van der Waals surface area (Å²) in [6.07, 6.45) is 2.65. The highest BCUT2D eigenvalue weighted by Gasteiger charge is 2.43. The van der Waals surface area contributed by atoms with Crippen LogP contribution in [0.2, 0.25) is 0 Å². The maximum atomic E-state index is 14.8. The van der Waals surface area contributed by atoms with Gasteiger partial charge >= 0.3 is 0 Å². The molecule has 1 amide bonds. The molecule has 2 aromatic carbocycles. The number of aromatic nitrogens is 2. The minimum atomic E-state index is -2.68. The van der Waals surface area contributed by atoms with Crippen molar-refractivity contribution in [3.63, 3.8) is 0 Å². The number of amides is 1.